The zero-order valence-corrected chi connectivity index (χ0v) is 40.0. The Bertz CT molecular complexity index is 2380. The third kappa shape index (κ3) is 12.0. The van der Waals surface area contributed by atoms with Crippen LogP contribution in [0.15, 0.2) is 90.2 Å². The van der Waals surface area contributed by atoms with Gasteiger partial charge in [0.25, 0.3) is 5.91 Å². The molecular formula is C53H67N5O9. The fraction of sp³-hybridized carbons (Fsp3) is 0.434. The number of aldehydes is 1. The van der Waals surface area contributed by atoms with Gasteiger partial charge in [-0.05, 0) is 90.8 Å². The molecule has 0 aromatic heterocycles. The molecule has 2 aliphatic heterocycles. The maximum Gasteiger partial charge on any atom is 0.260 e. The number of nitrogens with zero attached hydrogens (tertiary/aromatic N) is 3. The van der Waals surface area contributed by atoms with E-state index in [2.05, 4.69) is 89.0 Å². The molecule has 1 unspecified atom stereocenters. The Morgan fingerprint density at radius 2 is 1.49 bits per heavy atom. The van der Waals surface area contributed by atoms with Gasteiger partial charge in [-0.3, -0.25) is 9.59 Å². The summed E-state index contributed by atoms with van der Waals surface area (Å²) in [6.45, 7) is 7.89. The number of likely N-dealkylation sites (tertiary alicyclic amines) is 1. The molecule has 1 aliphatic carbocycles. The monoisotopic (exact) mass is 917 g/mol. The number of para-hydroxylation sites is 1. The molecule has 358 valence electrons. The predicted octanol–water partition coefficient (Wildman–Crippen LogP) is 8.54. The number of nitrogens with one attached hydrogen (secondary N) is 2. The van der Waals surface area contributed by atoms with Crippen LogP contribution in [-0.2, 0) is 33.8 Å². The minimum absolute atomic E-state index is 0.0746. The second-order valence-electron chi connectivity index (χ2n) is 16.9. The third-order valence-electron chi connectivity index (χ3n) is 12.5. The van der Waals surface area contributed by atoms with Crippen LogP contribution in [0.2, 0.25) is 0 Å². The number of amides is 1. The van der Waals surface area contributed by atoms with Crippen LogP contribution < -0.4 is 39.4 Å². The Morgan fingerprint density at radius 1 is 0.806 bits per heavy atom. The molecule has 7 rings (SSSR count). The van der Waals surface area contributed by atoms with E-state index in [0.29, 0.717) is 98.2 Å². The molecule has 1 fully saturated rings. The van der Waals surface area contributed by atoms with Gasteiger partial charge in [0.15, 0.2) is 29.3 Å². The highest BCUT2D eigenvalue weighted by Crippen LogP contribution is 2.39. The molecule has 1 saturated heterocycles. The second kappa shape index (κ2) is 24.0. The van der Waals surface area contributed by atoms with Gasteiger partial charge in [0.2, 0.25) is 0 Å². The molecule has 0 radical (unpaired) electrons. The fourth-order valence-electron chi connectivity index (χ4n) is 9.00. The first-order chi connectivity index (χ1) is 32.8. The third-order valence-corrected chi connectivity index (χ3v) is 12.5. The van der Waals surface area contributed by atoms with Gasteiger partial charge < -0.3 is 58.5 Å². The lowest BCUT2D eigenvalue weighted by molar-refractivity contribution is 0.0264. The van der Waals surface area contributed by atoms with E-state index < -0.39 is 0 Å². The van der Waals surface area contributed by atoms with E-state index in [1.54, 1.807) is 33.5 Å². The summed E-state index contributed by atoms with van der Waals surface area (Å²) in [7, 11) is 8.73. The molecule has 0 bridgehead atoms. The van der Waals surface area contributed by atoms with Crippen molar-refractivity contribution in [3.63, 3.8) is 0 Å². The zero-order chi connectivity index (χ0) is 47.1. The molecule has 1 atom stereocenters. The lowest BCUT2D eigenvalue weighted by atomic mass is 10.0. The summed E-state index contributed by atoms with van der Waals surface area (Å²) in [5, 5.41) is 6.77. The largest absolute Gasteiger partial charge is 0.493 e. The van der Waals surface area contributed by atoms with E-state index in [0.717, 1.165) is 67.4 Å². The average Bonchev–Trinajstić information content (AvgIpc) is 3.94. The van der Waals surface area contributed by atoms with E-state index in [9.17, 15) is 9.59 Å². The topological polar surface area (TPSA) is 133 Å². The number of methoxy groups -OCH3 is 3. The van der Waals surface area contributed by atoms with Crippen molar-refractivity contribution in [2.45, 2.75) is 58.3 Å². The van der Waals surface area contributed by atoms with Crippen LogP contribution in [0, 0.1) is 0 Å². The van der Waals surface area contributed by atoms with Gasteiger partial charge in [-0.2, -0.15) is 0 Å². The first kappa shape index (κ1) is 48.7. The van der Waals surface area contributed by atoms with Crippen LogP contribution in [0.25, 0.3) is 0 Å². The predicted molar refractivity (Wildman–Crippen MR) is 264 cm³/mol. The number of carbonyl (C=O) groups excluding carboxylic acids is 2. The summed E-state index contributed by atoms with van der Waals surface area (Å²) in [5.74, 6) is 1.86. The maximum absolute atomic E-state index is 14.0. The number of hydrogen-bond acceptors (Lipinski definition) is 13. The highest BCUT2D eigenvalue weighted by molar-refractivity contribution is 6.02. The number of benzene rings is 4. The molecule has 0 spiro atoms. The molecule has 4 aromatic carbocycles. The van der Waals surface area contributed by atoms with Crippen LogP contribution >= 0.6 is 0 Å². The summed E-state index contributed by atoms with van der Waals surface area (Å²) in [4.78, 5) is 32.9. The van der Waals surface area contributed by atoms with E-state index in [-0.39, 0.29) is 25.2 Å². The van der Waals surface area contributed by atoms with Crippen molar-refractivity contribution in [3.05, 3.63) is 118 Å². The molecule has 2 N–H and O–H groups in total. The lowest BCUT2D eigenvalue weighted by Gasteiger charge is -2.26. The minimum Gasteiger partial charge on any atom is -0.493 e. The first-order valence-corrected chi connectivity index (χ1v) is 23.4. The number of allylic oxidation sites excluding steroid dienone is 3. The smallest absolute Gasteiger partial charge is 0.260 e. The SMILES string of the molecule is CCCN(CCOCCOCCOC)c1cc(COc2cc(NCC3Cc4ccccc4N3C)c(C=O)cc2OC)cc(COc2cc(NC)c(C(=O)N3CCC4=CCCC=C43)cc2OC)c1. The standard InChI is InChI=1S/C53H67N5O9/c1-7-17-57(19-20-64-23-24-65-22-21-61-4)42-26-37(35-66-51-31-45(41(34-59)29-49(51)62-5)55-33-43-28-40-13-9-10-14-47(40)56(43)3)25-38(27-42)36-67-52-32-46(54-2)44(30-50(52)63-6)53(60)58-18-16-39-12-8-11-15-48(39)58/h9-10,12-15,25-27,29-32,34,43,54-55H,7-8,11,16-24,28,33,35-36H2,1-6H3. The Morgan fingerprint density at radius 3 is 2.18 bits per heavy atom. The lowest BCUT2D eigenvalue weighted by Crippen LogP contribution is -2.34. The van der Waals surface area contributed by atoms with Crippen LogP contribution in [0.1, 0.15) is 70.0 Å². The minimum atomic E-state index is -0.0746. The van der Waals surface area contributed by atoms with E-state index in [1.807, 2.05) is 24.1 Å². The highest BCUT2D eigenvalue weighted by atomic mass is 16.5. The van der Waals surface area contributed by atoms with Crippen molar-refractivity contribution < 1.29 is 42.7 Å². The normalized spacial score (nSPS) is 15.0. The van der Waals surface area contributed by atoms with Crippen molar-refractivity contribution in [1.29, 1.82) is 0 Å². The molecular weight excluding hydrogens is 851 g/mol. The van der Waals surface area contributed by atoms with Crippen LogP contribution in [0.4, 0.5) is 22.7 Å². The molecule has 2 heterocycles. The van der Waals surface area contributed by atoms with E-state index in [4.69, 9.17) is 33.2 Å². The summed E-state index contributed by atoms with van der Waals surface area (Å²) in [6.07, 6.45) is 9.88. The maximum atomic E-state index is 14.0. The molecule has 3 aliphatic rings. The zero-order valence-electron chi connectivity index (χ0n) is 40.0. The van der Waals surface area contributed by atoms with Crippen molar-refractivity contribution in [2.24, 2.45) is 0 Å². The van der Waals surface area contributed by atoms with Crippen LogP contribution in [-0.4, -0.2) is 118 Å². The van der Waals surface area contributed by atoms with E-state index in [1.165, 1.54) is 16.8 Å². The fourth-order valence-corrected chi connectivity index (χ4v) is 9.00. The van der Waals surface area contributed by atoms with Crippen molar-refractivity contribution in [1.82, 2.24) is 4.90 Å². The summed E-state index contributed by atoms with van der Waals surface area (Å²) in [6, 6.07) is 22.2. The van der Waals surface area contributed by atoms with Gasteiger partial charge in [-0.1, -0.05) is 37.3 Å². The Hall–Kier alpha value is -6.22. The quantitative estimate of drug-likeness (QED) is 0.0461. The Labute approximate surface area is 395 Å². The number of rotatable bonds is 26. The second-order valence-corrected chi connectivity index (χ2v) is 16.9. The molecule has 67 heavy (non-hydrogen) atoms. The summed E-state index contributed by atoms with van der Waals surface area (Å²) < 4.78 is 41.4. The number of ether oxygens (including phenoxy) is 7. The van der Waals surface area contributed by atoms with Gasteiger partial charge in [0.1, 0.15) is 13.2 Å². The number of carbonyl (C=O) groups is 2. The number of likely N-dealkylation sites (N-methyl/N-ethyl adjacent to an activating group) is 1. The molecule has 14 nitrogen and oxygen atoms in total. The Kier molecular flexibility index (Phi) is 17.4. The van der Waals surface area contributed by atoms with Gasteiger partial charge in [0.05, 0.1) is 64.5 Å². The molecule has 0 saturated carbocycles. The van der Waals surface area contributed by atoms with Gasteiger partial charge in [-0.25, -0.2) is 0 Å². The van der Waals surface area contributed by atoms with Crippen molar-refractivity contribution in [3.8, 4) is 23.0 Å². The number of anilines is 4. The molecule has 1 amide bonds. The van der Waals surface area contributed by atoms with Gasteiger partial charge in [-0.15, -0.1) is 0 Å². The number of hydrogen-bond donors (Lipinski definition) is 2. The van der Waals surface area contributed by atoms with Gasteiger partial charge in [0, 0.05) is 87.8 Å². The van der Waals surface area contributed by atoms with Crippen LogP contribution in [0.5, 0.6) is 23.0 Å². The molecule has 4 aromatic rings. The number of fused-ring (bicyclic) bond motifs is 2. The first-order valence-electron chi connectivity index (χ1n) is 23.4. The molecule has 14 heteroatoms. The van der Waals surface area contributed by atoms with Crippen molar-refractivity contribution >= 4 is 34.9 Å². The Balaban J connectivity index is 1.11. The average molecular weight is 918 g/mol. The summed E-state index contributed by atoms with van der Waals surface area (Å²) in [5.41, 5.74) is 9.93. The van der Waals surface area contributed by atoms with E-state index >= 15 is 0 Å². The van der Waals surface area contributed by atoms with Crippen LogP contribution in [0.3, 0.4) is 0 Å². The summed E-state index contributed by atoms with van der Waals surface area (Å²) >= 11 is 0. The highest BCUT2D eigenvalue weighted by Gasteiger charge is 2.31. The van der Waals surface area contributed by atoms with Gasteiger partial charge >= 0.3 is 0 Å². The van der Waals surface area contributed by atoms with Crippen molar-refractivity contribution in [2.75, 3.05) is 115 Å².